The van der Waals surface area contributed by atoms with E-state index in [1.165, 1.54) is 11.1 Å². The molecule has 0 aliphatic heterocycles. The van der Waals surface area contributed by atoms with Crippen LogP contribution in [0.25, 0.3) is 0 Å². The molecule has 0 amide bonds. The predicted octanol–water partition coefficient (Wildman–Crippen LogP) is 4.18. The fourth-order valence-corrected chi connectivity index (χ4v) is 2.03. The number of nitrogens with one attached hydrogen (secondary N) is 1. The molecule has 2 rings (SSSR count). The quantitative estimate of drug-likeness (QED) is 0.889. The van der Waals surface area contributed by atoms with Gasteiger partial charge in [0.25, 0.3) is 0 Å². The number of hydrogen-bond acceptors (Lipinski definition) is 2. The second-order valence-electron chi connectivity index (χ2n) is 6.06. The highest BCUT2D eigenvalue weighted by Crippen LogP contribution is 2.22. The highest BCUT2D eigenvalue weighted by molar-refractivity contribution is 5.27. The molecule has 0 aliphatic carbocycles. The van der Waals surface area contributed by atoms with E-state index in [0.29, 0.717) is 0 Å². The summed E-state index contributed by atoms with van der Waals surface area (Å²) in [4.78, 5) is 0. The van der Waals surface area contributed by atoms with Gasteiger partial charge >= 0.3 is 0 Å². The Balaban J connectivity index is 1.86. The molecule has 2 nitrogen and oxygen atoms in total. The summed E-state index contributed by atoms with van der Waals surface area (Å²) in [6, 6.07) is 12.8. The SMILES string of the molecule is Cc1ccc(CNCc2ccc(C(C)(C)C)cc2)o1. The van der Waals surface area contributed by atoms with E-state index >= 15 is 0 Å². The molecule has 1 aromatic carbocycles. The fourth-order valence-electron chi connectivity index (χ4n) is 2.03. The molecule has 0 spiro atoms. The van der Waals surface area contributed by atoms with Crippen molar-refractivity contribution in [1.29, 1.82) is 0 Å². The highest BCUT2D eigenvalue weighted by atomic mass is 16.3. The van der Waals surface area contributed by atoms with Crippen LogP contribution in [-0.4, -0.2) is 0 Å². The fraction of sp³-hybridized carbons (Fsp3) is 0.412. The Morgan fingerprint density at radius 1 is 0.947 bits per heavy atom. The summed E-state index contributed by atoms with van der Waals surface area (Å²) in [6.07, 6.45) is 0. The van der Waals surface area contributed by atoms with Crippen molar-refractivity contribution in [2.24, 2.45) is 0 Å². The first-order valence-corrected chi connectivity index (χ1v) is 6.80. The van der Waals surface area contributed by atoms with Crippen LogP contribution in [0.1, 0.15) is 43.4 Å². The van der Waals surface area contributed by atoms with Crippen molar-refractivity contribution in [1.82, 2.24) is 5.32 Å². The van der Waals surface area contributed by atoms with Crippen molar-refractivity contribution in [3.63, 3.8) is 0 Å². The van der Waals surface area contributed by atoms with Crippen molar-refractivity contribution < 1.29 is 4.42 Å². The lowest BCUT2D eigenvalue weighted by Gasteiger charge is -2.19. The molecule has 0 fully saturated rings. The Kier molecular flexibility index (Phi) is 4.11. The molecule has 0 radical (unpaired) electrons. The van der Waals surface area contributed by atoms with Crippen LogP contribution in [0.2, 0.25) is 0 Å². The largest absolute Gasteiger partial charge is 0.465 e. The second kappa shape index (κ2) is 5.62. The van der Waals surface area contributed by atoms with Crippen LogP contribution in [0.3, 0.4) is 0 Å². The zero-order chi connectivity index (χ0) is 13.9. The molecule has 19 heavy (non-hydrogen) atoms. The van der Waals surface area contributed by atoms with Gasteiger partial charge in [0.2, 0.25) is 0 Å². The van der Waals surface area contributed by atoms with Gasteiger partial charge in [-0.2, -0.15) is 0 Å². The van der Waals surface area contributed by atoms with Gasteiger partial charge in [-0.3, -0.25) is 0 Å². The molecule has 2 heteroatoms. The molecule has 102 valence electrons. The smallest absolute Gasteiger partial charge is 0.117 e. The van der Waals surface area contributed by atoms with E-state index in [1.807, 2.05) is 19.1 Å². The molecule has 0 saturated heterocycles. The third kappa shape index (κ3) is 3.97. The molecular weight excluding hydrogens is 234 g/mol. The molecule has 1 aromatic heterocycles. The minimum atomic E-state index is 0.220. The predicted molar refractivity (Wildman–Crippen MR) is 79.1 cm³/mol. The van der Waals surface area contributed by atoms with Crippen LogP contribution in [0.4, 0.5) is 0 Å². The van der Waals surface area contributed by atoms with Gasteiger partial charge in [-0.05, 0) is 35.6 Å². The lowest BCUT2D eigenvalue weighted by molar-refractivity contribution is 0.461. The summed E-state index contributed by atoms with van der Waals surface area (Å²) in [5, 5.41) is 3.40. The van der Waals surface area contributed by atoms with Crippen molar-refractivity contribution >= 4 is 0 Å². The van der Waals surface area contributed by atoms with E-state index in [4.69, 9.17) is 4.42 Å². The van der Waals surface area contributed by atoms with Gasteiger partial charge < -0.3 is 9.73 Å². The average molecular weight is 257 g/mol. The van der Waals surface area contributed by atoms with Crippen LogP contribution in [0.5, 0.6) is 0 Å². The number of furan rings is 1. The van der Waals surface area contributed by atoms with Gasteiger partial charge in [-0.15, -0.1) is 0 Å². The van der Waals surface area contributed by atoms with E-state index in [9.17, 15) is 0 Å². The van der Waals surface area contributed by atoms with Crippen molar-refractivity contribution in [2.45, 2.75) is 46.2 Å². The normalized spacial score (nSPS) is 11.8. The van der Waals surface area contributed by atoms with E-state index in [0.717, 1.165) is 24.6 Å². The minimum Gasteiger partial charge on any atom is -0.465 e. The molecule has 1 heterocycles. The highest BCUT2D eigenvalue weighted by Gasteiger charge is 2.12. The zero-order valence-electron chi connectivity index (χ0n) is 12.3. The van der Waals surface area contributed by atoms with Gasteiger partial charge in [0.1, 0.15) is 11.5 Å². The molecular formula is C17H23NO. The number of rotatable bonds is 4. The van der Waals surface area contributed by atoms with Gasteiger partial charge in [-0.1, -0.05) is 45.0 Å². The van der Waals surface area contributed by atoms with Crippen molar-refractivity contribution in [2.75, 3.05) is 0 Å². The van der Waals surface area contributed by atoms with E-state index < -0.39 is 0 Å². The average Bonchev–Trinajstić information content (AvgIpc) is 2.75. The van der Waals surface area contributed by atoms with Crippen LogP contribution < -0.4 is 5.32 Å². The van der Waals surface area contributed by atoms with Gasteiger partial charge in [0.15, 0.2) is 0 Å². The lowest BCUT2D eigenvalue weighted by atomic mass is 9.87. The summed E-state index contributed by atoms with van der Waals surface area (Å²) < 4.78 is 5.52. The summed E-state index contributed by atoms with van der Waals surface area (Å²) in [7, 11) is 0. The van der Waals surface area contributed by atoms with Crippen LogP contribution in [0, 0.1) is 6.92 Å². The maximum Gasteiger partial charge on any atom is 0.117 e. The van der Waals surface area contributed by atoms with Crippen molar-refractivity contribution in [3.8, 4) is 0 Å². The molecule has 0 atom stereocenters. The van der Waals surface area contributed by atoms with Gasteiger partial charge in [0, 0.05) is 6.54 Å². The third-order valence-corrected chi connectivity index (χ3v) is 3.24. The topological polar surface area (TPSA) is 25.2 Å². The lowest BCUT2D eigenvalue weighted by Crippen LogP contribution is -2.13. The minimum absolute atomic E-state index is 0.220. The first-order valence-electron chi connectivity index (χ1n) is 6.80. The van der Waals surface area contributed by atoms with E-state index in [-0.39, 0.29) is 5.41 Å². The maximum atomic E-state index is 5.52. The molecule has 1 N–H and O–H groups in total. The first-order chi connectivity index (χ1) is 8.95. The zero-order valence-corrected chi connectivity index (χ0v) is 12.3. The molecule has 0 bridgehead atoms. The molecule has 0 saturated carbocycles. The van der Waals surface area contributed by atoms with Crippen LogP contribution in [0.15, 0.2) is 40.8 Å². The maximum absolute atomic E-state index is 5.52. The van der Waals surface area contributed by atoms with E-state index in [1.54, 1.807) is 0 Å². The summed E-state index contributed by atoms with van der Waals surface area (Å²) in [5.41, 5.74) is 2.90. The molecule has 0 unspecified atom stereocenters. The molecule has 0 aliphatic rings. The van der Waals surface area contributed by atoms with E-state index in [2.05, 4.69) is 50.4 Å². The summed E-state index contributed by atoms with van der Waals surface area (Å²) in [5.74, 6) is 1.95. The number of hydrogen-bond donors (Lipinski definition) is 1. The van der Waals surface area contributed by atoms with Gasteiger partial charge in [-0.25, -0.2) is 0 Å². The summed E-state index contributed by atoms with van der Waals surface area (Å²) in [6.45, 7) is 10.3. The van der Waals surface area contributed by atoms with Crippen LogP contribution >= 0.6 is 0 Å². The Bertz CT molecular complexity index is 517. The molecule has 2 aromatic rings. The Morgan fingerprint density at radius 2 is 1.63 bits per heavy atom. The first kappa shape index (κ1) is 13.9. The van der Waals surface area contributed by atoms with Crippen molar-refractivity contribution in [3.05, 3.63) is 59.0 Å². The van der Waals surface area contributed by atoms with Crippen LogP contribution in [-0.2, 0) is 18.5 Å². The number of benzene rings is 1. The Hall–Kier alpha value is -1.54. The monoisotopic (exact) mass is 257 g/mol. The number of aryl methyl sites for hydroxylation is 1. The summed E-state index contributed by atoms with van der Waals surface area (Å²) >= 11 is 0. The standard InChI is InChI=1S/C17H23NO/c1-13-5-10-16(19-13)12-18-11-14-6-8-15(9-7-14)17(2,3)4/h5-10,18H,11-12H2,1-4H3. The van der Waals surface area contributed by atoms with Gasteiger partial charge in [0.05, 0.1) is 6.54 Å². The third-order valence-electron chi connectivity index (χ3n) is 3.24. The second-order valence-corrected chi connectivity index (χ2v) is 6.06. The Labute approximate surface area is 115 Å². The Morgan fingerprint density at radius 3 is 2.16 bits per heavy atom.